The van der Waals surface area contributed by atoms with Gasteiger partial charge in [0.25, 0.3) is 0 Å². The van der Waals surface area contributed by atoms with E-state index < -0.39 is 0 Å². The normalized spacial score (nSPS) is 23.9. The Labute approximate surface area is 88.5 Å². The van der Waals surface area contributed by atoms with E-state index in [0.29, 0.717) is 12.0 Å². The molecule has 1 N–H and O–H groups in total. The highest BCUT2D eigenvalue weighted by atomic mass is 32.1. The molecule has 1 aromatic heterocycles. The van der Waals surface area contributed by atoms with Crippen molar-refractivity contribution < 1.29 is 4.74 Å². The summed E-state index contributed by atoms with van der Waals surface area (Å²) < 4.78 is 5.37. The van der Waals surface area contributed by atoms with E-state index in [4.69, 9.17) is 4.74 Å². The van der Waals surface area contributed by atoms with Crippen molar-refractivity contribution in [2.75, 3.05) is 13.2 Å². The van der Waals surface area contributed by atoms with Crippen LogP contribution in [0.3, 0.4) is 0 Å². The maximum atomic E-state index is 5.37. The van der Waals surface area contributed by atoms with Gasteiger partial charge in [0.15, 0.2) is 0 Å². The Kier molecular flexibility index (Phi) is 3.50. The van der Waals surface area contributed by atoms with Crippen molar-refractivity contribution in [3.05, 3.63) is 16.6 Å². The Morgan fingerprint density at radius 1 is 1.79 bits per heavy atom. The highest BCUT2D eigenvalue weighted by molar-refractivity contribution is 7.09. The lowest BCUT2D eigenvalue weighted by molar-refractivity contribution is 0.178. The molecule has 0 aromatic carbocycles. The maximum absolute atomic E-state index is 5.37. The number of aromatic nitrogens is 1. The zero-order valence-corrected chi connectivity index (χ0v) is 9.22. The molecule has 2 rings (SSSR count). The van der Waals surface area contributed by atoms with Gasteiger partial charge in [0, 0.05) is 30.3 Å². The minimum absolute atomic E-state index is 0.541. The fraction of sp³-hybridized carbons (Fsp3) is 0.700. The fourth-order valence-corrected chi connectivity index (χ4v) is 2.25. The molecule has 2 atom stereocenters. The molecule has 14 heavy (non-hydrogen) atoms. The lowest BCUT2D eigenvalue weighted by atomic mass is 10.0. The van der Waals surface area contributed by atoms with Gasteiger partial charge in [-0.15, -0.1) is 11.3 Å². The van der Waals surface area contributed by atoms with E-state index in [2.05, 4.69) is 17.2 Å². The standard InChI is InChI=1S/C10H16N2OS/c1-8(9-2-3-13-6-9)12-5-10-4-11-7-14-10/h4,7-9,12H,2-3,5-6H2,1H3. The van der Waals surface area contributed by atoms with Crippen LogP contribution in [0.4, 0.5) is 0 Å². The summed E-state index contributed by atoms with van der Waals surface area (Å²) in [4.78, 5) is 5.35. The zero-order valence-electron chi connectivity index (χ0n) is 8.40. The van der Waals surface area contributed by atoms with E-state index in [9.17, 15) is 0 Å². The zero-order chi connectivity index (χ0) is 9.80. The quantitative estimate of drug-likeness (QED) is 0.824. The van der Waals surface area contributed by atoms with Gasteiger partial charge < -0.3 is 10.1 Å². The van der Waals surface area contributed by atoms with E-state index in [1.807, 2.05) is 11.7 Å². The summed E-state index contributed by atoms with van der Waals surface area (Å²) in [5.74, 6) is 0.683. The summed E-state index contributed by atoms with van der Waals surface area (Å²) in [5.41, 5.74) is 1.88. The van der Waals surface area contributed by atoms with Crippen LogP contribution in [0.2, 0.25) is 0 Å². The maximum Gasteiger partial charge on any atom is 0.0794 e. The van der Waals surface area contributed by atoms with Gasteiger partial charge in [0.1, 0.15) is 0 Å². The first-order valence-electron chi connectivity index (χ1n) is 5.05. The molecule has 3 nitrogen and oxygen atoms in total. The first-order chi connectivity index (χ1) is 6.86. The summed E-state index contributed by atoms with van der Waals surface area (Å²) in [6, 6.07) is 0.541. The van der Waals surface area contributed by atoms with Gasteiger partial charge in [-0.05, 0) is 19.3 Å². The molecule has 0 spiro atoms. The number of ether oxygens (including phenoxy) is 1. The van der Waals surface area contributed by atoms with Crippen molar-refractivity contribution in [3.8, 4) is 0 Å². The first kappa shape index (κ1) is 10.1. The Hall–Kier alpha value is -0.450. The number of nitrogens with one attached hydrogen (secondary N) is 1. The highest BCUT2D eigenvalue weighted by Crippen LogP contribution is 2.17. The molecule has 0 radical (unpaired) electrons. The molecular weight excluding hydrogens is 196 g/mol. The number of hydrogen-bond donors (Lipinski definition) is 1. The van der Waals surface area contributed by atoms with Crippen LogP contribution in [-0.2, 0) is 11.3 Å². The lowest BCUT2D eigenvalue weighted by Crippen LogP contribution is -2.33. The average Bonchev–Trinajstić information content (AvgIpc) is 2.87. The van der Waals surface area contributed by atoms with Crippen LogP contribution in [-0.4, -0.2) is 24.2 Å². The molecule has 1 saturated heterocycles. The minimum Gasteiger partial charge on any atom is -0.381 e. The van der Waals surface area contributed by atoms with Crippen molar-refractivity contribution in [3.63, 3.8) is 0 Å². The monoisotopic (exact) mass is 212 g/mol. The van der Waals surface area contributed by atoms with Crippen molar-refractivity contribution >= 4 is 11.3 Å². The molecule has 0 bridgehead atoms. The summed E-state index contributed by atoms with van der Waals surface area (Å²) in [5, 5.41) is 3.52. The van der Waals surface area contributed by atoms with Crippen LogP contribution in [0, 0.1) is 5.92 Å². The van der Waals surface area contributed by atoms with E-state index in [1.165, 1.54) is 11.3 Å². The predicted molar refractivity (Wildman–Crippen MR) is 57.3 cm³/mol. The Morgan fingerprint density at radius 2 is 2.71 bits per heavy atom. The third kappa shape index (κ3) is 2.53. The molecular formula is C10H16N2OS. The van der Waals surface area contributed by atoms with Crippen LogP contribution in [0.15, 0.2) is 11.7 Å². The summed E-state index contributed by atoms with van der Waals surface area (Å²) in [7, 11) is 0. The number of rotatable bonds is 4. The topological polar surface area (TPSA) is 34.2 Å². The van der Waals surface area contributed by atoms with Gasteiger partial charge in [-0.25, -0.2) is 0 Å². The molecule has 0 aliphatic carbocycles. The minimum atomic E-state index is 0.541. The van der Waals surface area contributed by atoms with Gasteiger partial charge in [0.05, 0.1) is 12.1 Å². The molecule has 2 unspecified atom stereocenters. The first-order valence-corrected chi connectivity index (χ1v) is 5.92. The molecule has 78 valence electrons. The van der Waals surface area contributed by atoms with Crippen molar-refractivity contribution in [2.24, 2.45) is 5.92 Å². The van der Waals surface area contributed by atoms with Crippen LogP contribution in [0.25, 0.3) is 0 Å². The van der Waals surface area contributed by atoms with E-state index in [1.54, 1.807) is 11.3 Å². The van der Waals surface area contributed by atoms with E-state index in [0.717, 1.165) is 19.8 Å². The van der Waals surface area contributed by atoms with Gasteiger partial charge in [-0.2, -0.15) is 0 Å². The number of thiazole rings is 1. The average molecular weight is 212 g/mol. The summed E-state index contributed by atoms with van der Waals surface area (Å²) in [6.07, 6.45) is 3.12. The second-order valence-electron chi connectivity index (χ2n) is 3.76. The second kappa shape index (κ2) is 4.87. The number of nitrogens with zero attached hydrogens (tertiary/aromatic N) is 1. The number of hydrogen-bond acceptors (Lipinski definition) is 4. The predicted octanol–water partition coefficient (Wildman–Crippen LogP) is 1.66. The van der Waals surface area contributed by atoms with Crippen LogP contribution in [0.5, 0.6) is 0 Å². The molecule has 0 saturated carbocycles. The van der Waals surface area contributed by atoms with Crippen LogP contribution < -0.4 is 5.32 Å². The third-order valence-corrected chi connectivity index (χ3v) is 3.53. The Balaban J connectivity index is 1.74. The molecule has 4 heteroatoms. The molecule has 1 aliphatic heterocycles. The van der Waals surface area contributed by atoms with Gasteiger partial charge in [0.2, 0.25) is 0 Å². The van der Waals surface area contributed by atoms with E-state index >= 15 is 0 Å². The van der Waals surface area contributed by atoms with Crippen molar-refractivity contribution in [1.82, 2.24) is 10.3 Å². The highest BCUT2D eigenvalue weighted by Gasteiger charge is 2.21. The van der Waals surface area contributed by atoms with E-state index in [-0.39, 0.29) is 0 Å². The lowest BCUT2D eigenvalue weighted by Gasteiger charge is -2.18. The van der Waals surface area contributed by atoms with Crippen LogP contribution in [0.1, 0.15) is 18.2 Å². The molecule has 0 amide bonds. The largest absolute Gasteiger partial charge is 0.381 e. The summed E-state index contributed by atoms with van der Waals surface area (Å²) in [6.45, 7) is 5.01. The van der Waals surface area contributed by atoms with Crippen molar-refractivity contribution in [1.29, 1.82) is 0 Å². The van der Waals surface area contributed by atoms with Crippen LogP contribution >= 0.6 is 11.3 Å². The molecule has 2 heterocycles. The second-order valence-corrected chi connectivity index (χ2v) is 4.73. The van der Waals surface area contributed by atoms with Crippen molar-refractivity contribution in [2.45, 2.75) is 25.9 Å². The molecule has 1 fully saturated rings. The van der Waals surface area contributed by atoms with Gasteiger partial charge in [-0.3, -0.25) is 4.98 Å². The van der Waals surface area contributed by atoms with Gasteiger partial charge >= 0.3 is 0 Å². The third-order valence-electron chi connectivity index (χ3n) is 2.75. The summed E-state index contributed by atoms with van der Waals surface area (Å²) >= 11 is 1.70. The molecule has 1 aliphatic rings. The smallest absolute Gasteiger partial charge is 0.0794 e. The molecule has 1 aromatic rings. The Morgan fingerprint density at radius 3 is 3.36 bits per heavy atom. The fourth-order valence-electron chi connectivity index (χ4n) is 1.70. The SMILES string of the molecule is CC(NCc1cncs1)C1CCOC1. The van der Waals surface area contributed by atoms with Gasteiger partial charge in [-0.1, -0.05) is 0 Å². The Bertz CT molecular complexity index is 257.